The number of furan rings is 1. The van der Waals surface area contributed by atoms with Crippen molar-refractivity contribution < 1.29 is 33.2 Å². The van der Waals surface area contributed by atoms with Crippen LogP contribution in [-0.2, 0) is 16.0 Å². The van der Waals surface area contributed by atoms with Gasteiger partial charge in [0, 0.05) is 28.8 Å². The number of hydrogen-bond acceptors (Lipinski definition) is 8. The van der Waals surface area contributed by atoms with Crippen LogP contribution < -0.4 is 10.6 Å². The van der Waals surface area contributed by atoms with Gasteiger partial charge in [0.1, 0.15) is 17.4 Å². The minimum Gasteiger partial charge on any atom is -0.480 e. The molecular weight excluding hydrogens is 588 g/mol. The van der Waals surface area contributed by atoms with Crippen molar-refractivity contribution in [2.45, 2.75) is 52.7 Å². The number of carboxylic acid groups (broad SMARTS) is 1. The number of ether oxygens (including phenoxy) is 1. The van der Waals surface area contributed by atoms with Gasteiger partial charge >= 0.3 is 12.1 Å². The van der Waals surface area contributed by atoms with Gasteiger partial charge in [-0.05, 0) is 82.1 Å². The fraction of sp³-hybridized carbons (Fsp3) is 0.229. The molecule has 11 nitrogen and oxygen atoms in total. The molecule has 5 aromatic rings. The molecule has 0 aliphatic rings. The molecular formula is C35H34N4O7. The van der Waals surface area contributed by atoms with Crippen LogP contribution in [0.4, 0.5) is 10.5 Å². The molecule has 2 amide bonds. The van der Waals surface area contributed by atoms with Gasteiger partial charge in [-0.15, -0.1) is 0 Å². The number of carbonyl (C=O) groups is 3. The number of aliphatic carboxylic acids is 1. The van der Waals surface area contributed by atoms with E-state index in [1.165, 1.54) is 6.07 Å². The molecule has 46 heavy (non-hydrogen) atoms. The highest BCUT2D eigenvalue weighted by atomic mass is 16.6. The summed E-state index contributed by atoms with van der Waals surface area (Å²) in [7, 11) is 0. The largest absolute Gasteiger partial charge is 0.480 e. The summed E-state index contributed by atoms with van der Waals surface area (Å²) >= 11 is 0. The molecule has 1 atom stereocenters. The summed E-state index contributed by atoms with van der Waals surface area (Å²) in [5, 5.41) is 19.2. The smallest absolute Gasteiger partial charge is 0.412 e. The van der Waals surface area contributed by atoms with Crippen LogP contribution in [0.5, 0.6) is 0 Å². The van der Waals surface area contributed by atoms with Gasteiger partial charge in [0.2, 0.25) is 5.82 Å². The van der Waals surface area contributed by atoms with Crippen LogP contribution in [0.25, 0.3) is 34.2 Å². The molecule has 0 saturated carbocycles. The maximum atomic E-state index is 12.9. The molecule has 1 unspecified atom stereocenters. The number of anilines is 1. The van der Waals surface area contributed by atoms with Crippen molar-refractivity contribution in [1.82, 2.24) is 15.5 Å². The van der Waals surface area contributed by atoms with Gasteiger partial charge in [-0.25, -0.2) is 9.59 Å². The number of carboxylic acids is 1. The Labute approximate surface area is 265 Å². The Hall–Kier alpha value is -5.71. The van der Waals surface area contributed by atoms with Crippen molar-refractivity contribution in [2.75, 3.05) is 5.32 Å². The molecule has 3 N–H and O–H groups in total. The molecule has 11 heteroatoms. The zero-order valence-electron chi connectivity index (χ0n) is 26.1. The molecule has 0 spiro atoms. The van der Waals surface area contributed by atoms with Crippen LogP contribution in [-0.4, -0.2) is 44.9 Å². The number of aryl methyl sites for hydroxylation is 2. The van der Waals surface area contributed by atoms with Crippen LogP contribution in [0.15, 0.2) is 87.8 Å². The second-order valence-electron chi connectivity index (χ2n) is 11.9. The van der Waals surface area contributed by atoms with Gasteiger partial charge in [0.15, 0.2) is 5.76 Å². The lowest BCUT2D eigenvalue weighted by Crippen LogP contribution is -2.42. The summed E-state index contributed by atoms with van der Waals surface area (Å²) in [4.78, 5) is 41.5. The first-order valence-corrected chi connectivity index (χ1v) is 14.6. The monoisotopic (exact) mass is 622 g/mol. The summed E-state index contributed by atoms with van der Waals surface area (Å²) in [6.45, 7) is 9.20. The first-order chi connectivity index (χ1) is 21.8. The summed E-state index contributed by atoms with van der Waals surface area (Å²) in [6.07, 6.45) is -0.504. The van der Waals surface area contributed by atoms with E-state index < -0.39 is 29.6 Å². The standard InChI is InChI=1S/C35H34N4O7/c1-20-6-9-23(10-7-20)28-16-17-29(44-28)31(40)37-27(33(41)42)19-22-8-15-26(21(2)18-22)30-38-32(46-39-30)24-11-13-25(14-12-24)36-34(43)45-35(3,4)5/h6-18,27H,19H2,1-5H3,(H,36,43)(H,37,40)(H,41,42). The SMILES string of the molecule is Cc1ccc(-c2ccc(C(=O)NC(Cc3ccc(-c4noc(-c5ccc(NC(=O)OC(C)(C)C)cc5)n4)c(C)c3)C(=O)O)o2)cc1. The van der Waals surface area contributed by atoms with Crippen molar-refractivity contribution in [3.63, 3.8) is 0 Å². The molecule has 0 bridgehead atoms. The van der Waals surface area contributed by atoms with E-state index in [1.54, 1.807) is 63.2 Å². The summed E-state index contributed by atoms with van der Waals surface area (Å²) < 4.78 is 16.5. The quantitative estimate of drug-likeness (QED) is 0.157. The van der Waals surface area contributed by atoms with Crippen LogP contribution in [0.2, 0.25) is 0 Å². The highest BCUT2D eigenvalue weighted by Crippen LogP contribution is 2.27. The number of aromatic nitrogens is 2. The second-order valence-corrected chi connectivity index (χ2v) is 11.9. The fourth-order valence-corrected chi connectivity index (χ4v) is 4.67. The van der Waals surface area contributed by atoms with Crippen molar-refractivity contribution in [3.8, 4) is 34.2 Å². The van der Waals surface area contributed by atoms with Gasteiger partial charge in [-0.1, -0.05) is 53.2 Å². The topological polar surface area (TPSA) is 157 Å². The summed E-state index contributed by atoms with van der Waals surface area (Å²) in [6, 6.07) is 22.0. The number of benzene rings is 3. The fourth-order valence-electron chi connectivity index (χ4n) is 4.67. The van der Waals surface area contributed by atoms with Gasteiger partial charge in [0.25, 0.3) is 11.8 Å². The van der Waals surface area contributed by atoms with E-state index in [1.807, 2.05) is 44.2 Å². The Morgan fingerprint density at radius 2 is 1.61 bits per heavy atom. The number of nitrogens with zero attached hydrogens (tertiary/aromatic N) is 2. The zero-order valence-corrected chi connectivity index (χ0v) is 26.1. The number of amides is 2. The third kappa shape index (κ3) is 7.86. The molecule has 0 fully saturated rings. The van der Waals surface area contributed by atoms with E-state index in [0.29, 0.717) is 39.9 Å². The normalized spacial score (nSPS) is 11.9. The Morgan fingerprint density at radius 3 is 2.26 bits per heavy atom. The predicted octanol–water partition coefficient (Wildman–Crippen LogP) is 7.05. The molecule has 236 valence electrons. The summed E-state index contributed by atoms with van der Waals surface area (Å²) in [5.41, 5.74) is 4.72. The Kier molecular flexibility index (Phi) is 9.04. The van der Waals surface area contributed by atoms with Gasteiger partial charge in [-0.3, -0.25) is 10.1 Å². The number of nitrogens with one attached hydrogen (secondary N) is 2. The van der Waals surface area contributed by atoms with E-state index in [0.717, 1.165) is 16.7 Å². The lowest BCUT2D eigenvalue weighted by atomic mass is 9.99. The molecule has 3 aromatic carbocycles. The highest BCUT2D eigenvalue weighted by Gasteiger charge is 2.24. The minimum atomic E-state index is -1.18. The van der Waals surface area contributed by atoms with Crippen molar-refractivity contribution in [2.24, 2.45) is 0 Å². The first-order valence-electron chi connectivity index (χ1n) is 14.6. The maximum Gasteiger partial charge on any atom is 0.412 e. The molecule has 0 aliphatic heterocycles. The molecule has 5 rings (SSSR count). The van der Waals surface area contributed by atoms with E-state index in [2.05, 4.69) is 20.8 Å². The molecule has 0 radical (unpaired) electrons. The van der Waals surface area contributed by atoms with Gasteiger partial charge < -0.3 is 24.1 Å². The molecule has 0 aliphatic carbocycles. The first kappa shape index (κ1) is 31.7. The van der Waals surface area contributed by atoms with Crippen LogP contribution >= 0.6 is 0 Å². The van der Waals surface area contributed by atoms with Crippen molar-refractivity contribution in [1.29, 1.82) is 0 Å². The van der Waals surface area contributed by atoms with Crippen molar-refractivity contribution >= 4 is 23.7 Å². The van der Waals surface area contributed by atoms with Crippen LogP contribution in [0, 0.1) is 13.8 Å². The third-order valence-electron chi connectivity index (χ3n) is 6.94. The maximum absolute atomic E-state index is 12.9. The van der Waals surface area contributed by atoms with E-state index in [4.69, 9.17) is 13.7 Å². The van der Waals surface area contributed by atoms with E-state index in [-0.39, 0.29) is 12.2 Å². The predicted molar refractivity (Wildman–Crippen MR) is 171 cm³/mol. The van der Waals surface area contributed by atoms with Crippen LogP contribution in [0.1, 0.15) is 48.0 Å². The lowest BCUT2D eigenvalue weighted by molar-refractivity contribution is -0.139. The average Bonchev–Trinajstić information content (AvgIpc) is 3.68. The Balaban J connectivity index is 1.23. The van der Waals surface area contributed by atoms with E-state index >= 15 is 0 Å². The molecule has 2 heterocycles. The summed E-state index contributed by atoms with van der Waals surface area (Å²) in [5.74, 6) is -0.599. The lowest BCUT2D eigenvalue weighted by Gasteiger charge is -2.19. The number of carbonyl (C=O) groups excluding carboxylic acids is 2. The van der Waals surface area contributed by atoms with Crippen LogP contribution in [0.3, 0.4) is 0 Å². The minimum absolute atomic E-state index is 0.0233. The molecule has 0 saturated heterocycles. The van der Waals surface area contributed by atoms with E-state index in [9.17, 15) is 19.5 Å². The number of hydrogen-bond donors (Lipinski definition) is 3. The Morgan fingerprint density at radius 1 is 0.913 bits per heavy atom. The van der Waals surface area contributed by atoms with Gasteiger partial charge in [-0.2, -0.15) is 4.98 Å². The molecule has 2 aromatic heterocycles. The third-order valence-corrected chi connectivity index (χ3v) is 6.94. The van der Waals surface area contributed by atoms with Crippen molar-refractivity contribution in [3.05, 3.63) is 101 Å². The highest BCUT2D eigenvalue weighted by molar-refractivity contribution is 5.95. The van der Waals surface area contributed by atoms with Gasteiger partial charge in [0.05, 0.1) is 0 Å². The average molecular weight is 623 g/mol. The number of rotatable bonds is 9. The second kappa shape index (κ2) is 13.1. The zero-order chi connectivity index (χ0) is 33.0. The Bertz CT molecular complexity index is 1870.